The molecule has 4 rings (SSSR count). The number of aromatic nitrogens is 2. The van der Waals surface area contributed by atoms with E-state index >= 15 is 0 Å². The van der Waals surface area contributed by atoms with Crippen molar-refractivity contribution in [3.63, 3.8) is 0 Å². The Hall–Kier alpha value is -2.73. The normalized spacial score (nSPS) is 11.2. The van der Waals surface area contributed by atoms with Crippen LogP contribution < -0.4 is 5.73 Å². The number of anilines is 1. The van der Waals surface area contributed by atoms with Crippen LogP contribution in [0.25, 0.3) is 27.8 Å². The molecule has 0 saturated heterocycles. The second kappa shape index (κ2) is 5.97. The molecule has 0 bridgehead atoms. The second-order valence-corrected chi connectivity index (χ2v) is 6.60. The first-order chi connectivity index (χ1) is 12.0. The Morgan fingerprint density at radius 1 is 0.960 bits per heavy atom. The minimum Gasteiger partial charge on any atom is -0.399 e. The first-order valence-electron chi connectivity index (χ1n) is 7.50. The van der Waals surface area contributed by atoms with Gasteiger partial charge in [0, 0.05) is 27.5 Å². The maximum Gasteiger partial charge on any atom is 0.133 e. The summed E-state index contributed by atoms with van der Waals surface area (Å²) in [6, 6.07) is 14.5. The van der Waals surface area contributed by atoms with Gasteiger partial charge in [-0.15, -0.1) is 0 Å². The molecular formula is C19H12BrF2N3. The Bertz CT molecular complexity index is 1110. The van der Waals surface area contributed by atoms with Crippen LogP contribution in [0.2, 0.25) is 0 Å². The molecule has 1 aromatic heterocycles. The molecular weight excluding hydrogens is 388 g/mol. The van der Waals surface area contributed by atoms with Gasteiger partial charge in [-0.25, -0.2) is 13.8 Å². The molecule has 6 heteroatoms. The highest BCUT2D eigenvalue weighted by molar-refractivity contribution is 9.10. The highest BCUT2D eigenvalue weighted by Crippen LogP contribution is 2.30. The summed E-state index contributed by atoms with van der Waals surface area (Å²) < 4.78 is 30.1. The Morgan fingerprint density at radius 2 is 1.80 bits per heavy atom. The van der Waals surface area contributed by atoms with Gasteiger partial charge in [0.2, 0.25) is 0 Å². The van der Waals surface area contributed by atoms with Crippen molar-refractivity contribution >= 4 is 32.7 Å². The lowest BCUT2D eigenvalue weighted by Gasteiger charge is -2.10. The van der Waals surface area contributed by atoms with Crippen molar-refractivity contribution in [3.05, 3.63) is 77.0 Å². The van der Waals surface area contributed by atoms with E-state index in [9.17, 15) is 8.78 Å². The maximum atomic E-state index is 14.1. The first-order valence-corrected chi connectivity index (χ1v) is 8.29. The van der Waals surface area contributed by atoms with Gasteiger partial charge < -0.3 is 5.73 Å². The van der Waals surface area contributed by atoms with Crippen molar-refractivity contribution < 1.29 is 8.78 Å². The van der Waals surface area contributed by atoms with Crippen LogP contribution in [0.4, 0.5) is 14.5 Å². The van der Waals surface area contributed by atoms with Crippen molar-refractivity contribution in [2.75, 3.05) is 5.73 Å². The van der Waals surface area contributed by atoms with Crippen molar-refractivity contribution in [1.29, 1.82) is 0 Å². The van der Waals surface area contributed by atoms with Crippen LogP contribution in [0.15, 0.2) is 65.4 Å². The van der Waals surface area contributed by atoms with Crippen LogP contribution in [0, 0.1) is 11.6 Å². The predicted octanol–water partition coefficient (Wildman–Crippen LogP) is 5.32. The van der Waals surface area contributed by atoms with Gasteiger partial charge >= 0.3 is 0 Å². The molecule has 1 heterocycles. The van der Waals surface area contributed by atoms with Crippen molar-refractivity contribution in [2.24, 2.45) is 0 Å². The van der Waals surface area contributed by atoms with Gasteiger partial charge in [-0.2, -0.15) is 0 Å². The Kier molecular flexibility index (Phi) is 3.77. The van der Waals surface area contributed by atoms with Crippen LogP contribution in [0.1, 0.15) is 0 Å². The van der Waals surface area contributed by atoms with Crippen LogP contribution in [-0.2, 0) is 0 Å². The fourth-order valence-electron chi connectivity index (χ4n) is 2.84. The lowest BCUT2D eigenvalue weighted by molar-refractivity contribution is 0.585. The van der Waals surface area contributed by atoms with Crippen LogP contribution >= 0.6 is 15.9 Å². The summed E-state index contributed by atoms with van der Waals surface area (Å²) in [5.41, 5.74) is 9.84. The molecule has 0 aliphatic rings. The molecule has 3 nitrogen and oxygen atoms in total. The van der Waals surface area contributed by atoms with Crippen LogP contribution in [-0.4, -0.2) is 9.55 Å². The molecule has 3 aromatic carbocycles. The van der Waals surface area contributed by atoms with Crippen molar-refractivity contribution in [1.82, 2.24) is 9.55 Å². The van der Waals surface area contributed by atoms with E-state index in [1.165, 1.54) is 12.1 Å². The highest BCUT2D eigenvalue weighted by Gasteiger charge is 2.11. The minimum absolute atomic E-state index is 0.294. The van der Waals surface area contributed by atoms with Gasteiger partial charge in [-0.05, 0) is 54.1 Å². The summed E-state index contributed by atoms with van der Waals surface area (Å²) in [4.78, 5) is 4.39. The highest BCUT2D eigenvalue weighted by atomic mass is 79.9. The zero-order chi connectivity index (χ0) is 17.6. The fourth-order valence-corrected chi connectivity index (χ4v) is 3.19. The van der Waals surface area contributed by atoms with Gasteiger partial charge in [-0.1, -0.05) is 15.9 Å². The molecule has 0 aliphatic heterocycles. The molecule has 0 saturated carbocycles. The monoisotopic (exact) mass is 399 g/mol. The molecule has 0 radical (unpaired) electrons. The third kappa shape index (κ3) is 2.89. The number of benzene rings is 3. The zero-order valence-electron chi connectivity index (χ0n) is 12.9. The molecule has 25 heavy (non-hydrogen) atoms. The van der Waals surface area contributed by atoms with Gasteiger partial charge in [0.1, 0.15) is 18.0 Å². The van der Waals surface area contributed by atoms with E-state index in [-0.39, 0.29) is 0 Å². The number of imidazole rings is 1. The van der Waals surface area contributed by atoms with E-state index in [2.05, 4.69) is 20.9 Å². The summed E-state index contributed by atoms with van der Waals surface area (Å²) in [7, 11) is 0. The van der Waals surface area contributed by atoms with Gasteiger partial charge in [0.05, 0.1) is 11.0 Å². The van der Waals surface area contributed by atoms with E-state index in [4.69, 9.17) is 5.73 Å². The lowest BCUT2D eigenvalue weighted by atomic mass is 10.0. The molecule has 0 aliphatic carbocycles. The Balaban J connectivity index is 1.90. The summed E-state index contributed by atoms with van der Waals surface area (Å²) in [5.74, 6) is -1.24. The summed E-state index contributed by atoms with van der Waals surface area (Å²) in [6.07, 6.45) is 1.69. The molecule has 0 amide bonds. The molecule has 2 N–H and O–H groups in total. The first kappa shape index (κ1) is 15.8. The quantitative estimate of drug-likeness (QED) is 0.463. The average Bonchev–Trinajstić information content (AvgIpc) is 2.97. The maximum absolute atomic E-state index is 14.1. The number of rotatable bonds is 2. The third-order valence-electron chi connectivity index (χ3n) is 3.97. The molecule has 124 valence electrons. The minimum atomic E-state index is -0.629. The number of nitrogen functional groups attached to an aromatic ring is 1. The van der Waals surface area contributed by atoms with E-state index in [1.807, 2.05) is 22.8 Å². The fraction of sp³-hybridized carbons (Fsp3) is 0. The predicted molar refractivity (Wildman–Crippen MR) is 98.5 cm³/mol. The SMILES string of the molecule is Nc1cc(-c2ccc(F)cc2F)cc(-n2cnc3cc(Br)ccc32)c1. The molecule has 0 atom stereocenters. The summed E-state index contributed by atoms with van der Waals surface area (Å²) >= 11 is 3.42. The number of nitrogens with zero attached hydrogens (tertiary/aromatic N) is 2. The van der Waals surface area contributed by atoms with Crippen LogP contribution in [0.3, 0.4) is 0 Å². The Morgan fingerprint density at radius 3 is 2.60 bits per heavy atom. The number of fused-ring (bicyclic) bond motifs is 1. The number of halogens is 3. The number of nitrogens with two attached hydrogens (primary N) is 1. The molecule has 4 aromatic rings. The van der Waals surface area contributed by atoms with Crippen LogP contribution in [0.5, 0.6) is 0 Å². The molecule has 0 unspecified atom stereocenters. The average molecular weight is 400 g/mol. The van der Waals surface area contributed by atoms with Gasteiger partial charge in [0.15, 0.2) is 0 Å². The molecule has 0 fully saturated rings. The second-order valence-electron chi connectivity index (χ2n) is 5.68. The zero-order valence-corrected chi connectivity index (χ0v) is 14.5. The van der Waals surface area contributed by atoms with E-state index in [1.54, 1.807) is 24.5 Å². The smallest absolute Gasteiger partial charge is 0.133 e. The van der Waals surface area contributed by atoms with Gasteiger partial charge in [-0.3, -0.25) is 4.57 Å². The standard InChI is InChI=1S/C19H12BrF2N3/c20-12-1-4-19-18(7-12)24-10-25(19)15-6-11(5-14(23)9-15)16-3-2-13(21)8-17(16)22/h1-10H,23H2. The number of hydrogen-bond donors (Lipinski definition) is 1. The summed E-state index contributed by atoms with van der Waals surface area (Å²) in [6.45, 7) is 0. The largest absolute Gasteiger partial charge is 0.399 e. The summed E-state index contributed by atoms with van der Waals surface area (Å²) in [5, 5.41) is 0. The topological polar surface area (TPSA) is 43.8 Å². The number of hydrogen-bond acceptors (Lipinski definition) is 2. The van der Waals surface area contributed by atoms with E-state index in [0.717, 1.165) is 27.3 Å². The van der Waals surface area contributed by atoms with E-state index < -0.39 is 11.6 Å². The Labute approximate surface area is 150 Å². The van der Waals surface area contributed by atoms with Gasteiger partial charge in [0.25, 0.3) is 0 Å². The third-order valence-corrected chi connectivity index (χ3v) is 4.46. The van der Waals surface area contributed by atoms with E-state index in [0.29, 0.717) is 16.8 Å². The van der Waals surface area contributed by atoms with Crippen molar-refractivity contribution in [3.8, 4) is 16.8 Å². The lowest BCUT2D eigenvalue weighted by Crippen LogP contribution is -1.96. The molecule has 0 spiro atoms. The van der Waals surface area contributed by atoms with Crippen molar-refractivity contribution in [2.45, 2.75) is 0 Å².